The first-order valence-electron chi connectivity index (χ1n) is 5.13. The average Bonchev–Trinajstić information content (AvgIpc) is 2.28. The first-order chi connectivity index (χ1) is 7.97. The maximum atomic E-state index is 12.2. The van der Waals surface area contributed by atoms with Crippen LogP contribution in [0.1, 0.15) is 13.3 Å². The van der Waals surface area contributed by atoms with Gasteiger partial charge in [-0.1, -0.05) is 12.1 Å². The number of rotatable bonds is 7. The highest BCUT2D eigenvalue weighted by molar-refractivity contribution is 6.02. The Morgan fingerprint density at radius 3 is 2.47 bits per heavy atom. The van der Waals surface area contributed by atoms with Crippen LogP contribution in [-0.4, -0.2) is 53.1 Å². The lowest BCUT2D eigenvalue weighted by molar-refractivity contribution is -0.136. The molecule has 1 atom stereocenters. The molecule has 100 valence electrons. The molecule has 4 N–H and O–H groups in total. The van der Waals surface area contributed by atoms with Gasteiger partial charge in [0, 0.05) is 6.54 Å². The summed E-state index contributed by atoms with van der Waals surface area (Å²) < 4.78 is 24.5. The van der Waals surface area contributed by atoms with Crippen molar-refractivity contribution in [1.29, 1.82) is 0 Å². The van der Waals surface area contributed by atoms with E-state index in [1.807, 2.05) is 0 Å². The maximum Gasteiger partial charge on any atom is 0.255 e. The van der Waals surface area contributed by atoms with Crippen molar-refractivity contribution < 1.29 is 23.9 Å². The summed E-state index contributed by atoms with van der Waals surface area (Å²) in [5.41, 5.74) is 5.30. The molecule has 1 unspecified atom stereocenters. The quantitative estimate of drug-likeness (QED) is 0.254. The van der Waals surface area contributed by atoms with Crippen LogP contribution in [0.25, 0.3) is 0 Å². The van der Waals surface area contributed by atoms with Gasteiger partial charge >= 0.3 is 0 Å². The summed E-state index contributed by atoms with van der Waals surface area (Å²) >= 11 is 0. The molecule has 0 aliphatic heterocycles. The minimum atomic E-state index is -2.70. The summed E-state index contributed by atoms with van der Waals surface area (Å²) in [7, 11) is 0. The fraction of sp³-hybridized carbons (Fsp3) is 0.778. The maximum absolute atomic E-state index is 12.2. The van der Waals surface area contributed by atoms with Crippen LogP contribution in [0.5, 0.6) is 0 Å². The van der Waals surface area contributed by atoms with E-state index in [-0.39, 0.29) is 18.8 Å². The highest BCUT2D eigenvalue weighted by Crippen LogP contribution is 2.10. The van der Waals surface area contributed by atoms with E-state index < -0.39 is 31.4 Å². The van der Waals surface area contributed by atoms with E-state index in [1.54, 1.807) is 6.92 Å². The topological polar surface area (TPSA) is 99.2 Å². The number of halogens is 2. The Balaban J connectivity index is 4.78. The number of nitrogens with zero attached hydrogens (tertiary/aromatic N) is 2. The van der Waals surface area contributed by atoms with Gasteiger partial charge in [-0.05, 0) is 6.42 Å². The van der Waals surface area contributed by atoms with E-state index >= 15 is 0 Å². The van der Waals surface area contributed by atoms with E-state index in [1.165, 1.54) is 0 Å². The van der Waals surface area contributed by atoms with Crippen LogP contribution >= 0.6 is 0 Å². The summed E-state index contributed by atoms with van der Waals surface area (Å²) in [6.07, 6.45) is -2.48. The first-order valence-corrected chi connectivity index (χ1v) is 5.13. The normalized spacial score (nSPS) is 13.8. The first kappa shape index (κ1) is 15.6. The number of hydrogen-bond acceptors (Lipinski definition) is 4. The van der Waals surface area contributed by atoms with E-state index in [2.05, 4.69) is 5.16 Å². The molecule has 0 bridgehead atoms. The van der Waals surface area contributed by atoms with Crippen LogP contribution in [0.2, 0.25) is 0 Å². The number of carbonyl (C=O) groups is 1. The minimum absolute atomic E-state index is 0.210. The molecule has 0 saturated carbocycles. The molecule has 0 spiro atoms. The van der Waals surface area contributed by atoms with E-state index in [4.69, 9.17) is 16.0 Å². The highest BCUT2D eigenvalue weighted by atomic mass is 19.3. The monoisotopic (exact) mass is 253 g/mol. The molecule has 0 aromatic carbocycles. The number of amidine groups is 1. The number of amides is 1. The lowest BCUT2D eigenvalue weighted by atomic mass is 10.0. The van der Waals surface area contributed by atoms with Gasteiger partial charge in [-0.2, -0.15) is 0 Å². The molecule has 0 saturated heterocycles. The van der Waals surface area contributed by atoms with Gasteiger partial charge in [0.25, 0.3) is 6.43 Å². The van der Waals surface area contributed by atoms with Crippen molar-refractivity contribution in [3.05, 3.63) is 0 Å². The van der Waals surface area contributed by atoms with Gasteiger partial charge in [0.1, 0.15) is 0 Å². The van der Waals surface area contributed by atoms with Gasteiger partial charge < -0.3 is 20.9 Å². The van der Waals surface area contributed by atoms with Crippen LogP contribution in [0.4, 0.5) is 8.78 Å². The third-order valence-corrected chi connectivity index (χ3v) is 2.22. The number of carbonyl (C=O) groups excluding carboxylic acids is 1. The van der Waals surface area contributed by atoms with E-state index in [9.17, 15) is 13.6 Å². The zero-order chi connectivity index (χ0) is 13.4. The standard InChI is InChI=1S/C9H17F2N3O3/c1-2-6(8(12)13-17)9(16)14(3-4-15)5-7(10)11/h6-7,15,17H,2-5H2,1H3,(H2,12,13). The summed E-state index contributed by atoms with van der Waals surface area (Å²) in [4.78, 5) is 12.6. The highest BCUT2D eigenvalue weighted by Gasteiger charge is 2.27. The number of aliphatic hydroxyl groups is 1. The molecular formula is C9H17F2N3O3. The minimum Gasteiger partial charge on any atom is -0.409 e. The van der Waals surface area contributed by atoms with Crippen LogP contribution in [0.3, 0.4) is 0 Å². The Kier molecular flexibility index (Phi) is 7.11. The fourth-order valence-corrected chi connectivity index (χ4v) is 1.38. The van der Waals surface area contributed by atoms with Crippen molar-refractivity contribution in [3.63, 3.8) is 0 Å². The second kappa shape index (κ2) is 7.77. The van der Waals surface area contributed by atoms with Crippen LogP contribution < -0.4 is 5.73 Å². The largest absolute Gasteiger partial charge is 0.409 e. The molecule has 6 nitrogen and oxygen atoms in total. The second-order valence-electron chi connectivity index (χ2n) is 3.38. The van der Waals surface area contributed by atoms with Crippen LogP contribution in [0.15, 0.2) is 5.16 Å². The third-order valence-electron chi connectivity index (χ3n) is 2.22. The van der Waals surface area contributed by atoms with E-state index in [0.29, 0.717) is 0 Å². The Morgan fingerprint density at radius 2 is 2.12 bits per heavy atom. The molecule has 0 radical (unpaired) electrons. The van der Waals surface area contributed by atoms with Crippen molar-refractivity contribution in [1.82, 2.24) is 4.90 Å². The second-order valence-corrected chi connectivity index (χ2v) is 3.38. The Morgan fingerprint density at radius 1 is 1.53 bits per heavy atom. The number of nitrogens with two attached hydrogens (primary N) is 1. The SMILES string of the molecule is CCC(C(=O)N(CCO)CC(F)F)C(N)=NO. The Hall–Kier alpha value is -1.44. The van der Waals surface area contributed by atoms with E-state index in [0.717, 1.165) is 4.90 Å². The van der Waals surface area contributed by atoms with Gasteiger partial charge in [-0.3, -0.25) is 4.79 Å². The van der Waals surface area contributed by atoms with Crippen molar-refractivity contribution in [2.24, 2.45) is 16.8 Å². The number of alkyl halides is 2. The Labute approximate surface area is 97.7 Å². The summed E-state index contributed by atoms with van der Waals surface area (Å²) in [6.45, 7) is 0.193. The zero-order valence-corrected chi connectivity index (χ0v) is 9.51. The smallest absolute Gasteiger partial charge is 0.255 e. The van der Waals surface area contributed by atoms with Gasteiger partial charge in [-0.15, -0.1) is 0 Å². The van der Waals surface area contributed by atoms with Gasteiger partial charge in [0.05, 0.1) is 19.1 Å². The molecular weight excluding hydrogens is 236 g/mol. The predicted molar refractivity (Wildman–Crippen MR) is 56.9 cm³/mol. The molecule has 0 heterocycles. The molecule has 0 aromatic rings. The van der Waals surface area contributed by atoms with Gasteiger partial charge in [0.15, 0.2) is 5.84 Å². The van der Waals surface area contributed by atoms with Gasteiger partial charge in [0.2, 0.25) is 5.91 Å². The van der Waals surface area contributed by atoms with Crippen molar-refractivity contribution in [3.8, 4) is 0 Å². The summed E-state index contributed by atoms with van der Waals surface area (Å²) in [6, 6.07) is 0. The lowest BCUT2D eigenvalue weighted by Gasteiger charge is -2.25. The van der Waals surface area contributed by atoms with Crippen molar-refractivity contribution >= 4 is 11.7 Å². The summed E-state index contributed by atoms with van der Waals surface area (Å²) in [5, 5.41) is 19.9. The molecule has 0 aliphatic rings. The third kappa shape index (κ3) is 4.94. The molecule has 0 fully saturated rings. The molecule has 8 heteroatoms. The summed E-state index contributed by atoms with van der Waals surface area (Å²) in [5.74, 6) is -1.96. The molecule has 0 rings (SSSR count). The van der Waals surface area contributed by atoms with Gasteiger partial charge in [-0.25, -0.2) is 8.78 Å². The molecule has 0 aliphatic carbocycles. The van der Waals surface area contributed by atoms with Crippen LogP contribution in [-0.2, 0) is 4.79 Å². The molecule has 17 heavy (non-hydrogen) atoms. The fourth-order valence-electron chi connectivity index (χ4n) is 1.38. The predicted octanol–water partition coefficient (Wildman–Crippen LogP) is -0.155. The Bertz CT molecular complexity index is 274. The lowest BCUT2D eigenvalue weighted by Crippen LogP contribution is -2.44. The van der Waals surface area contributed by atoms with Crippen molar-refractivity contribution in [2.75, 3.05) is 19.7 Å². The zero-order valence-electron chi connectivity index (χ0n) is 9.51. The molecule has 1 amide bonds. The van der Waals surface area contributed by atoms with Crippen molar-refractivity contribution in [2.45, 2.75) is 19.8 Å². The number of oxime groups is 1. The molecule has 0 aromatic heterocycles. The van der Waals surface area contributed by atoms with Crippen LogP contribution in [0, 0.1) is 5.92 Å². The number of aliphatic hydroxyl groups excluding tert-OH is 1. The number of hydrogen-bond donors (Lipinski definition) is 3. The average molecular weight is 253 g/mol.